The third-order valence-electron chi connectivity index (χ3n) is 4.16. The number of rotatable bonds is 6. The van der Waals surface area contributed by atoms with Gasteiger partial charge in [0.05, 0.1) is 0 Å². The van der Waals surface area contributed by atoms with Crippen LogP contribution in [-0.4, -0.2) is 18.5 Å². The molecule has 0 radical (unpaired) electrons. The van der Waals surface area contributed by atoms with Crippen molar-refractivity contribution in [2.24, 2.45) is 5.92 Å². The molecule has 0 bridgehead atoms. The lowest BCUT2D eigenvalue weighted by Crippen LogP contribution is -2.25. The Labute approximate surface area is 122 Å². The average molecular weight is 274 g/mol. The molecule has 2 rings (SSSR count). The minimum Gasteiger partial charge on any atom is -0.382 e. The zero-order valence-corrected chi connectivity index (χ0v) is 12.6. The average Bonchev–Trinajstić information content (AvgIpc) is 2.99. The van der Waals surface area contributed by atoms with E-state index >= 15 is 0 Å². The molecule has 1 unspecified atom stereocenters. The molecule has 1 aliphatic carbocycles. The summed E-state index contributed by atoms with van der Waals surface area (Å²) in [6.45, 7) is 5.04. The van der Waals surface area contributed by atoms with Gasteiger partial charge in [-0.3, -0.25) is 4.79 Å². The lowest BCUT2D eigenvalue weighted by Gasteiger charge is -2.21. The van der Waals surface area contributed by atoms with E-state index in [1.54, 1.807) is 0 Å². The molecule has 110 valence electrons. The summed E-state index contributed by atoms with van der Waals surface area (Å²) in [4.78, 5) is 12.0. The van der Waals surface area contributed by atoms with Gasteiger partial charge in [-0.15, -0.1) is 0 Å². The molecule has 1 aliphatic rings. The lowest BCUT2D eigenvalue weighted by molar-refractivity contribution is 0.0953. The second kappa shape index (κ2) is 7.32. The maximum Gasteiger partial charge on any atom is 0.251 e. The topological polar surface area (TPSA) is 41.1 Å². The van der Waals surface area contributed by atoms with Crippen molar-refractivity contribution < 1.29 is 4.79 Å². The molecular formula is C17H26N2O. The smallest absolute Gasteiger partial charge is 0.251 e. The Bertz CT molecular complexity index is 438. The van der Waals surface area contributed by atoms with Gasteiger partial charge in [0.15, 0.2) is 0 Å². The number of nitrogens with one attached hydrogen (secondary N) is 2. The fourth-order valence-electron chi connectivity index (χ4n) is 2.93. The van der Waals surface area contributed by atoms with E-state index in [9.17, 15) is 4.79 Å². The van der Waals surface area contributed by atoms with E-state index in [0.29, 0.717) is 6.04 Å². The molecule has 2 N–H and O–H groups in total. The molecule has 3 nitrogen and oxygen atoms in total. The Morgan fingerprint density at radius 1 is 1.35 bits per heavy atom. The molecule has 1 aromatic carbocycles. The first-order valence-corrected chi connectivity index (χ1v) is 7.85. The largest absolute Gasteiger partial charge is 0.382 e. The highest BCUT2D eigenvalue weighted by molar-refractivity contribution is 5.95. The highest BCUT2D eigenvalue weighted by Gasteiger charge is 2.21. The number of hydrogen-bond donors (Lipinski definition) is 2. The van der Waals surface area contributed by atoms with E-state index in [0.717, 1.165) is 30.1 Å². The first-order valence-electron chi connectivity index (χ1n) is 7.85. The predicted octanol–water partition coefficient (Wildman–Crippen LogP) is 3.82. The van der Waals surface area contributed by atoms with Gasteiger partial charge in [-0.05, 0) is 50.3 Å². The number of amides is 1. The Morgan fingerprint density at radius 3 is 2.80 bits per heavy atom. The molecule has 1 fully saturated rings. The van der Waals surface area contributed by atoms with Gasteiger partial charge in [-0.1, -0.05) is 25.8 Å². The molecule has 3 heteroatoms. The van der Waals surface area contributed by atoms with Crippen molar-refractivity contribution in [3.63, 3.8) is 0 Å². The summed E-state index contributed by atoms with van der Waals surface area (Å²) in [6.07, 6.45) is 6.32. The van der Waals surface area contributed by atoms with Crippen LogP contribution in [0, 0.1) is 5.92 Å². The van der Waals surface area contributed by atoms with Gasteiger partial charge in [-0.2, -0.15) is 0 Å². The molecule has 0 aromatic heterocycles. The van der Waals surface area contributed by atoms with Crippen LogP contribution in [0.1, 0.15) is 56.3 Å². The first-order chi connectivity index (χ1) is 9.70. The maximum absolute atomic E-state index is 12.0. The van der Waals surface area contributed by atoms with E-state index < -0.39 is 0 Å². The maximum atomic E-state index is 12.0. The number of anilines is 1. The molecule has 0 spiro atoms. The van der Waals surface area contributed by atoms with Crippen molar-refractivity contribution in [1.29, 1.82) is 0 Å². The number of carbonyl (C=O) groups excluding carboxylic acids is 1. The van der Waals surface area contributed by atoms with Crippen LogP contribution in [0.2, 0.25) is 0 Å². The Morgan fingerprint density at radius 2 is 2.10 bits per heavy atom. The third kappa shape index (κ3) is 3.99. The Hall–Kier alpha value is -1.51. The molecular weight excluding hydrogens is 248 g/mol. The van der Waals surface area contributed by atoms with E-state index in [1.165, 1.54) is 25.7 Å². The lowest BCUT2D eigenvalue weighted by atomic mass is 9.99. The fraction of sp³-hybridized carbons (Fsp3) is 0.588. The minimum atomic E-state index is 0.0176. The summed E-state index contributed by atoms with van der Waals surface area (Å²) < 4.78 is 0. The van der Waals surface area contributed by atoms with Gasteiger partial charge < -0.3 is 10.6 Å². The number of hydrogen-bond acceptors (Lipinski definition) is 2. The van der Waals surface area contributed by atoms with Crippen LogP contribution in [0.4, 0.5) is 5.69 Å². The normalized spacial score (nSPS) is 16.9. The molecule has 1 saturated carbocycles. The van der Waals surface area contributed by atoms with Crippen molar-refractivity contribution in [3.05, 3.63) is 29.8 Å². The Balaban J connectivity index is 1.96. The highest BCUT2D eigenvalue weighted by Crippen LogP contribution is 2.29. The van der Waals surface area contributed by atoms with Crippen molar-refractivity contribution in [1.82, 2.24) is 5.32 Å². The van der Waals surface area contributed by atoms with Crippen LogP contribution < -0.4 is 10.6 Å². The third-order valence-corrected chi connectivity index (χ3v) is 4.16. The molecule has 1 amide bonds. The highest BCUT2D eigenvalue weighted by atomic mass is 16.1. The van der Waals surface area contributed by atoms with E-state index in [1.807, 2.05) is 24.3 Å². The van der Waals surface area contributed by atoms with E-state index in [4.69, 9.17) is 0 Å². The molecule has 0 saturated heterocycles. The fourth-order valence-corrected chi connectivity index (χ4v) is 2.93. The van der Waals surface area contributed by atoms with Crippen LogP contribution in [0.5, 0.6) is 0 Å². The van der Waals surface area contributed by atoms with Crippen LogP contribution in [-0.2, 0) is 0 Å². The van der Waals surface area contributed by atoms with Crippen LogP contribution >= 0.6 is 0 Å². The van der Waals surface area contributed by atoms with E-state index in [-0.39, 0.29) is 5.91 Å². The van der Waals surface area contributed by atoms with Crippen molar-refractivity contribution in [3.8, 4) is 0 Å². The summed E-state index contributed by atoms with van der Waals surface area (Å²) in [5.41, 5.74) is 1.79. The van der Waals surface area contributed by atoms with Gasteiger partial charge >= 0.3 is 0 Å². The standard InChI is InChI=1S/C17H26N2O/c1-3-11-18-17(20)15-9-6-10-16(12-15)19-13(2)14-7-4-5-8-14/h6,9-10,12-14,19H,3-5,7-8,11H2,1-2H3,(H,18,20). The second-order valence-corrected chi connectivity index (χ2v) is 5.81. The summed E-state index contributed by atoms with van der Waals surface area (Å²) >= 11 is 0. The van der Waals surface area contributed by atoms with Gasteiger partial charge in [-0.25, -0.2) is 0 Å². The van der Waals surface area contributed by atoms with Crippen LogP contribution in [0.3, 0.4) is 0 Å². The van der Waals surface area contributed by atoms with Crippen molar-refractivity contribution in [2.45, 2.75) is 52.0 Å². The quantitative estimate of drug-likeness (QED) is 0.828. The number of carbonyl (C=O) groups is 1. The van der Waals surface area contributed by atoms with Gasteiger partial charge in [0, 0.05) is 23.8 Å². The molecule has 1 aromatic rings. The molecule has 20 heavy (non-hydrogen) atoms. The molecule has 1 atom stereocenters. The summed E-state index contributed by atoms with van der Waals surface area (Å²) in [5, 5.41) is 6.47. The zero-order valence-electron chi connectivity index (χ0n) is 12.6. The second-order valence-electron chi connectivity index (χ2n) is 5.81. The zero-order chi connectivity index (χ0) is 14.4. The van der Waals surface area contributed by atoms with Gasteiger partial charge in [0.2, 0.25) is 0 Å². The van der Waals surface area contributed by atoms with Crippen LogP contribution in [0.25, 0.3) is 0 Å². The van der Waals surface area contributed by atoms with Crippen molar-refractivity contribution in [2.75, 3.05) is 11.9 Å². The SMILES string of the molecule is CCCNC(=O)c1cccc(NC(C)C2CCCC2)c1. The van der Waals surface area contributed by atoms with Crippen molar-refractivity contribution >= 4 is 11.6 Å². The predicted molar refractivity (Wildman–Crippen MR) is 84.1 cm³/mol. The number of benzene rings is 1. The summed E-state index contributed by atoms with van der Waals surface area (Å²) in [5.74, 6) is 0.789. The van der Waals surface area contributed by atoms with Gasteiger partial charge in [0.1, 0.15) is 0 Å². The van der Waals surface area contributed by atoms with E-state index in [2.05, 4.69) is 24.5 Å². The molecule has 0 heterocycles. The first kappa shape index (κ1) is 14.9. The summed E-state index contributed by atoms with van der Waals surface area (Å²) in [7, 11) is 0. The van der Waals surface area contributed by atoms with Gasteiger partial charge in [0.25, 0.3) is 5.91 Å². The summed E-state index contributed by atoms with van der Waals surface area (Å²) in [6, 6.07) is 8.30. The monoisotopic (exact) mass is 274 g/mol. The molecule has 0 aliphatic heterocycles. The van der Waals surface area contributed by atoms with Crippen LogP contribution in [0.15, 0.2) is 24.3 Å². The Kier molecular flexibility index (Phi) is 5.45. The minimum absolute atomic E-state index is 0.0176.